The van der Waals surface area contributed by atoms with Crippen LogP contribution in [0.4, 0.5) is 0 Å². The van der Waals surface area contributed by atoms with Gasteiger partial charge in [0.25, 0.3) is 5.91 Å². The Bertz CT molecular complexity index is 816. The lowest BCUT2D eigenvalue weighted by atomic mass is 9.94. The smallest absolute Gasteiger partial charge is 0.330 e. The van der Waals surface area contributed by atoms with Crippen molar-refractivity contribution >= 4 is 11.9 Å². The van der Waals surface area contributed by atoms with Gasteiger partial charge in [-0.05, 0) is 28.7 Å². The van der Waals surface area contributed by atoms with Crippen molar-refractivity contribution in [1.29, 1.82) is 0 Å². The fourth-order valence-electron chi connectivity index (χ4n) is 3.40. The van der Waals surface area contributed by atoms with Crippen LogP contribution in [0.3, 0.4) is 0 Å². The van der Waals surface area contributed by atoms with Crippen molar-refractivity contribution in [2.45, 2.75) is 38.1 Å². The monoisotopic (exact) mass is 339 g/mol. The van der Waals surface area contributed by atoms with E-state index in [0.29, 0.717) is 5.56 Å². The average Bonchev–Trinajstić information content (AvgIpc) is 2.94. The SMILES string of the molecule is CC(C)c1cccc(C(=O)NC2(C(=O)O)Cc3ccccc3C2)c1O. The molecule has 3 N–H and O–H groups in total. The Balaban J connectivity index is 1.92. The third-order valence-corrected chi connectivity index (χ3v) is 4.80. The number of para-hydroxylation sites is 1. The fourth-order valence-corrected chi connectivity index (χ4v) is 3.40. The molecule has 0 saturated carbocycles. The summed E-state index contributed by atoms with van der Waals surface area (Å²) in [6.07, 6.45) is 0.462. The number of nitrogens with one attached hydrogen (secondary N) is 1. The lowest BCUT2D eigenvalue weighted by Gasteiger charge is -2.26. The fraction of sp³-hybridized carbons (Fsp3) is 0.300. The van der Waals surface area contributed by atoms with Crippen molar-refractivity contribution in [3.63, 3.8) is 0 Å². The largest absolute Gasteiger partial charge is 0.507 e. The standard InChI is InChI=1S/C20H21NO4/c1-12(2)15-8-5-9-16(17(15)22)18(23)21-20(19(24)25)10-13-6-3-4-7-14(13)11-20/h3-9,12,22H,10-11H2,1-2H3,(H,21,23)(H,24,25). The highest BCUT2D eigenvalue weighted by Gasteiger charge is 2.45. The van der Waals surface area contributed by atoms with Crippen LogP contribution in [0, 0.1) is 0 Å². The lowest BCUT2D eigenvalue weighted by Crippen LogP contribution is -2.55. The number of rotatable bonds is 4. The summed E-state index contributed by atoms with van der Waals surface area (Å²) >= 11 is 0. The zero-order valence-electron chi connectivity index (χ0n) is 14.2. The predicted molar refractivity (Wildman–Crippen MR) is 93.9 cm³/mol. The molecule has 25 heavy (non-hydrogen) atoms. The summed E-state index contributed by atoms with van der Waals surface area (Å²) in [7, 11) is 0. The topological polar surface area (TPSA) is 86.6 Å². The van der Waals surface area contributed by atoms with Crippen LogP contribution in [0.5, 0.6) is 5.75 Å². The van der Waals surface area contributed by atoms with Crippen molar-refractivity contribution in [2.24, 2.45) is 0 Å². The van der Waals surface area contributed by atoms with Gasteiger partial charge in [-0.2, -0.15) is 0 Å². The van der Waals surface area contributed by atoms with E-state index < -0.39 is 17.4 Å². The molecular weight excluding hydrogens is 318 g/mol. The number of fused-ring (bicyclic) bond motifs is 1. The van der Waals surface area contributed by atoms with Gasteiger partial charge in [0.1, 0.15) is 11.3 Å². The van der Waals surface area contributed by atoms with Crippen LogP contribution in [0.15, 0.2) is 42.5 Å². The summed E-state index contributed by atoms with van der Waals surface area (Å²) in [6, 6.07) is 12.4. The lowest BCUT2D eigenvalue weighted by molar-refractivity contribution is -0.144. The van der Waals surface area contributed by atoms with Gasteiger partial charge in [-0.15, -0.1) is 0 Å². The molecular formula is C20H21NO4. The number of phenolic OH excluding ortho intramolecular Hbond substituents is 1. The number of hydrogen-bond acceptors (Lipinski definition) is 3. The highest BCUT2D eigenvalue weighted by molar-refractivity contribution is 6.00. The molecule has 0 saturated heterocycles. The van der Waals surface area contributed by atoms with Crippen molar-refractivity contribution in [3.05, 3.63) is 64.7 Å². The molecule has 1 aliphatic rings. The molecule has 130 valence electrons. The van der Waals surface area contributed by atoms with E-state index >= 15 is 0 Å². The third kappa shape index (κ3) is 2.97. The number of carboxylic acid groups (broad SMARTS) is 1. The minimum atomic E-state index is -1.39. The van der Waals surface area contributed by atoms with Crippen molar-refractivity contribution in [1.82, 2.24) is 5.32 Å². The van der Waals surface area contributed by atoms with Gasteiger partial charge in [0.2, 0.25) is 0 Å². The van der Waals surface area contributed by atoms with Crippen LogP contribution in [-0.2, 0) is 17.6 Å². The number of phenols is 1. The van der Waals surface area contributed by atoms with Gasteiger partial charge < -0.3 is 15.5 Å². The van der Waals surface area contributed by atoms with Crippen LogP contribution < -0.4 is 5.32 Å². The maximum absolute atomic E-state index is 12.7. The van der Waals surface area contributed by atoms with Crippen molar-refractivity contribution in [3.8, 4) is 5.75 Å². The molecule has 2 aromatic rings. The minimum absolute atomic E-state index is 0.0527. The Kier molecular flexibility index (Phi) is 4.25. The van der Waals surface area contributed by atoms with Gasteiger partial charge >= 0.3 is 5.97 Å². The first-order valence-corrected chi connectivity index (χ1v) is 8.28. The quantitative estimate of drug-likeness (QED) is 0.799. The second-order valence-electron chi connectivity index (χ2n) is 6.86. The Morgan fingerprint density at radius 3 is 2.16 bits per heavy atom. The number of hydrogen-bond donors (Lipinski definition) is 3. The molecule has 5 nitrogen and oxygen atoms in total. The number of carbonyl (C=O) groups excluding carboxylic acids is 1. The van der Waals surface area contributed by atoms with Gasteiger partial charge in [0.05, 0.1) is 5.56 Å². The molecule has 0 radical (unpaired) electrons. The van der Waals surface area contributed by atoms with Gasteiger partial charge in [-0.25, -0.2) is 4.79 Å². The molecule has 5 heteroatoms. The molecule has 3 rings (SSSR count). The zero-order chi connectivity index (χ0) is 18.2. The summed E-state index contributed by atoms with van der Waals surface area (Å²) in [5, 5.41) is 22.8. The number of carboxylic acids is 1. The molecule has 0 spiro atoms. The van der Waals surface area contributed by atoms with Crippen LogP contribution in [0.25, 0.3) is 0 Å². The molecule has 0 unspecified atom stereocenters. The van der Waals surface area contributed by atoms with E-state index in [1.165, 1.54) is 6.07 Å². The van der Waals surface area contributed by atoms with Gasteiger partial charge in [-0.3, -0.25) is 4.79 Å². The maximum atomic E-state index is 12.7. The van der Waals surface area contributed by atoms with Gasteiger partial charge in [0, 0.05) is 12.8 Å². The van der Waals surface area contributed by atoms with E-state index in [-0.39, 0.29) is 30.1 Å². The second-order valence-corrected chi connectivity index (χ2v) is 6.86. The van der Waals surface area contributed by atoms with Gasteiger partial charge in [-0.1, -0.05) is 50.2 Å². The molecule has 2 aromatic carbocycles. The van der Waals surface area contributed by atoms with Crippen LogP contribution in [-0.4, -0.2) is 27.6 Å². The number of carbonyl (C=O) groups is 2. The zero-order valence-corrected chi connectivity index (χ0v) is 14.2. The van der Waals surface area contributed by atoms with E-state index in [4.69, 9.17) is 0 Å². The molecule has 0 heterocycles. The Hall–Kier alpha value is -2.82. The second kappa shape index (κ2) is 6.24. The first-order valence-electron chi connectivity index (χ1n) is 8.28. The van der Waals surface area contributed by atoms with Crippen LogP contribution in [0.2, 0.25) is 0 Å². The maximum Gasteiger partial charge on any atom is 0.330 e. The Morgan fingerprint density at radius 1 is 1.04 bits per heavy atom. The molecule has 1 aliphatic carbocycles. The summed E-state index contributed by atoms with van der Waals surface area (Å²) in [4.78, 5) is 24.7. The predicted octanol–water partition coefficient (Wildman–Crippen LogP) is 2.87. The Morgan fingerprint density at radius 2 is 1.64 bits per heavy atom. The van der Waals surface area contributed by atoms with E-state index in [0.717, 1.165) is 11.1 Å². The molecule has 1 amide bonds. The van der Waals surface area contributed by atoms with E-state index in [9.17, 15) is 19.8 Å². The van der Waals surface area contributed by atoms with Crippen molar-refractivity contribution < 1.29 is 19.8 Å². The molecule has 0 bridgehead atoms. The van der Waals surface area contributed by atoms with E-state index in [1.54, 1.807) is 12.1 Å². The summed E-state index contributed by atoms with van der Waals surface area (Å²) in [5.41, 5.74) is 1.21. The first-order chi connectivity index (χ1) is 11.8. The number of amides is 1. The van der Waals surface area contributed by atoms with Crippen LogP contribution >= 0.6 is 0 Å². The highest BCUT2D eigenvalue weighted by Crippen LogP contribution is 2.33. The number of benzene rings is 2. The first kappa shape index (κ1) is 17.0. The summed E-state index contributed by atoms with van der Waals surface area (Å²) in [5.74, 6) is -1.69. The number of aromatic hydroxyl groups is 1. The Labute approximate surface area is 146 Å². The minimum Gasteiger partial charge on any atom is -0.507 e. The summed E-state index contributed by atoms with van der Waals surface area (Å²) in [6.45, 7) is 3.84. The molecule has 0 atom stereocenters. The normalized spacial score (nSPS) is 15.0. The highest BCUT2D eigenvalue weighted by atomic mass is 16.4. The molecule has 0 aliphatic heterocycles. The third-order valence-electron chi connectivity index (χ3n) is 4.80. The van der Waals surface area contributed by atoms with Gasteiger partial charge in [0.15, 0.2) is 0 Å². The summed E-state index contributed by atoms with van der Waals surface area (Å²) < 4.78 is 0. The van der Waals surface area contributed by atoms with E-state index in [2.05, 4.69) is 5.32 Å². The van der Waals surface area contributed by atoms with Crippen LogP contribution in [0.1, 0.15) is 46.8 Å². The molecule has 0 aromatic heterocycles. The molecule has 0 fully saturated rings. The number of aliphatic carboxylic acids is 1. The van der Waals surface area contributed by atoms with E-state index in [1.807, 2.05) is 38.1 Å². The van der Waals surface area contributed by atoms with Crippen molar-refractivity contribution in [2.75, 3.05) is 0 Å². The average molecular weight is 339 g/mol.